The maximum atomic E-state index is 13.6. The minimum absolute atomic E-state index is 0.0327. The third-order valence-corrected chi connectivity index (χ3v) is 14.7. The molecular weight excluding hydrogens is 647 g/mol. The molecule has 0 N–H and O–H groups in total. The van der Waals surface area contributed by atoms with Crippen molar-refractivity contribution in [3.05, 3.63) is 0 Å². The molecular formula is C35H35N7O4S2. The lowest BCUT2D eigenvalue weighted by molar-refractivity contribution is -0.123. The van der Waals surface area contributed by atoms with E-state index in [4.69, 9.17) is 9.97 Å². The Labute approximate surface area is 283 Å². The lowest BCUT2D eigenvalue weighted by atomic mass is 9.64. The number of aliphatic imine (C=N–C) groups is 2. The van der Waals surface area contributed by atoms with E-state index in [2.05, 4.69) is 20.2 Å². The second-order valence-corrected chi connectivity index (χ2v) is 17.0. The lowest BCUT2D eigenvalue weighted by Gasteiger charge is -2.39. The molecule has 8 unspecified atom stereocenters. The van der Waals surface area contributed by atoms with Crippen molar-refractivity contribution in [3.63, 3.8) is 0 Å². The van der Waals surface area contributed by atoms with E-state index in [1.54, 1.807) is 7.05 Å². The Morgan fingerprint density at radius 2 is 0.875 bits per heavy atom. The molecule has 0 amide bonds. The van der Waals surface area contributed by atoms with E-state index in [-0.39, 0.29) is 58.2 Å². The van der Waals surface area contributed by atoms with E-state index in [1.165, 1.54) is 53.2 Å². The number of thiazole rings is 2. The number of aromatic nitrogens is 5. The molecule has 6 fully saturated rings. The summed E-state index contributed by atoms with van der Waals surface area (Å²) in [6, 6.07) is 0. The molecule has 0 aliphatic heterocycles. The van der Waals surface area contributed by atoms with Crippen molar-refractivity contribution in [3.8, 4) is 0 Å². The van der Waals surface area contributed by atoms with Crippen LogP contribution in [0.1, 0.15) is 77.0 Å². The Morgan fingerprint density at radius 1 is 0.542 bits per heavy atom. The lowest BCUT2D eigenvalue weighted by Crippen LogP contribution is -2.35. The number of carbonyl (C=O) groups is 4. The summed E-state index contributed by atoms with van der Waals surface area (Å²) < 4.78 is 1.51. The topological polar surface area (TPSA) is 149 Å². The third-order valence-electron chi connectivity index (χ3n) is 12.6. The Hall–Kier alpha value is -3.58. The highest BCUT2D eigenvalue weighted by molar-refractivity contribution is 7.30. The molecule has 3 aromatic heterocycles. The summed E-state index contributed by atoms with van der Waals surface area (Å²) in [4.78, 5) is 74.7. The van der Waals surface area contributed by atoms with Gasteiger partial charge in [-0.05, 0) is 49.4 Å². The molecule has 0 bridgehead atoms. The second kappa shape index (κ2) is 10.7. The number of Topliss-reactive ketones (excluding diaryl/α,β-unsaturated/α-hetero) is 4. The van der Waals surface area contributed by atoms with Gasteiger partial charge >= 0.3 is 0 Å². The van der Waals surface area contributed by atoms with Crippen molar-refractivity contribution in [1.82, 2.24) is 25.0 Å². The fraction of sp³-hybridized carbons (Fsp3) is 0.600. The number of carbonyl (C=O) groups excluding carboxylic acids is 4. The van der Waals surface area contributed by atoms with E-state index in [0.717, 1.165) is 60.8 Å². The molecule has 0 radical (unpaired) electrons. The van der Waals surface area contributed by atoms with Crippen molar-refractivity contribution in [2.24, 2.45) is 64.4 Å². The van der Waals surface area contributed by atoms with E-state index in [9.17, 15) is 19.2 Å². The van der Waals surface area contributed by atoms with E-state index in [0.29, 0.717) is 56.0 Å². The number of nitrogens with zero attached hydrogens (tertiary/aromatic N) is 7. The van der Waals surface area contributed by atoms with Crippen LogP contribution in [0.2, 0.25) is 0 Å². The van der Waals surface area contributed by atoms with Crippen LogP contribution >= 0.6 is 22.7 Å². The van der Waals surface area contributed by atoms with Crippen LogP contribution in [0.3, 0.4) is 0 Å². The van der Waals surface area contributed by atoms with Gasteiger partial charge in [-0.15, -0.1) is 0 Å². The van der Waals surface area contributed by atoms with Crippen molar-refractivity contribution < 1.29 is 19.2 Å². The van der Waals surface area contributed by atoms with E-state index < -0.39 is 0 Å². The molecule has 6 aliphatic carbocycles. The SMILES string of the molecule is Cn1nc2c(n1)c1nc(N=C3C(=O)C4CC5CCCCC5CC4C3=O)sc1c1sc(N=C3C(=O)C4CC5CCCCC5CC4C3=O)nc21. The van der Waals surface area contributed by atoms with Gasteiger partial charge in [0.2, 0.25) is 10.3 Å². The van der Waals surface area contributed by atoms with Gasteiger partial charge in [-0.1, -0.05) is 74.0 Å². The van der Waals surface area contributed by atoms with Crippen LogP contribution in [0, 0.1) is 47.3 Å². The summed E-state index contributed by atoms with van der Waals surface area (Å²) in [6.45, 7) is 0. The molecule has 6 saturated carbocycles. The highest BCUT2D eigenvalue weighted by Crippen LogP contribution is 2.51. The molecule has 246 valence electrons. The van der Waals surface area contributed by atoms with Gasteiger partial charge in [0.15, 0.2) is 34.6 Å². The van der Waals surface area contributed by atoms with Gasteiger partial charge in [-0.2, -0.15) is 15.0 Å². The van der Waals surface area contributed by atoms with Crippen molar-refractivity contribution >= 4 is 99.0 Å². The predicted molar refractivity (Wildman–Crippen MR) is 182 cm³/mol. The van der Waals surface area contributed by atoms with Crippen molar-refractivity contribution in [2.45, 2.75) is 77.0 Å². The Morgan fingerprint density at radius 3 is 1.21 bits per heavy atom. The van der Waals surface area contributed by atoms with Crippen LogP contribution in [-0.4, -0.2) is 59.5 Å². The molecule has 3 heterocycles. The summed E-state index contributed by atoms with van der Waals surface area (Å²) in [5, 5.41) is 9.80. The number of ketones is 4. The van der Waals surface area contributed by atoms with Gasteiger partial charge in [-0.25, -0.2) is 20.0 Å². The highest BCUT2D eigenvalue weighted by atomic mass is 32.1. The largest absolute Gasteiger partial charge is 0.292 e. The highest BCUT2D eigenvalue weighted by Gasteiger charge is 2.53. The summed E-state index contributed by atoms with van der Waals surface area (Å²) in [5.41, 5.74) is 2.28. The summed E-state index contributed by atoms with van der Waals surface area (Å²) in [6.07, 6.45) is 12.6. The molecule has 0 spiro atoms. The van der Waals surface area contributed by atoms with Crippen LogP contribution in [0.5, 0.6) is 0 Å². The van der Waals surface area contributed by atoms with Gasteiger partial charge in [0.25, 0.3) is 0 Å². The quantitative estimate of drug-likeness (QED) is 0.239. The van der Waals surface area contributed by atoms with Crippen LogP contribution in [0.4, 0.5) is 10.3 Å². The smallest absolute Gasteiger partial charge is 0.211 e. The first-order valence-electron chi connectivity index (χ1n) is 17.6. The van der Waals surface area contributed by atoms with E-state index >= 15 is 0 Å². The maximum Gasteiger partial charge on any atom is 0.211 e. The molecule has 4 aromatic rings. The minimum Gasteiger partial charge on any atom is -0.292 e. The molecule has 48 heavy (non-hydrogen) atoms. The zero-order valence-corrected chi connectivity index (χ0v) is 28.3. The Balaban J connectivity index is 1.03. The molecule has 6 aliphatic rings. The summed E-state index contributed by atoms with van der Waals surface area (Å²) in [5.74, 6) is 0.534. The van der Waals surface area contributed by atoms with E-state index in [1.807, 2.05) is 0 Å². The van der Waals surface area contributed by atoms with Gasteiger partial charge in [0.1, 0.15) is 22.1 Å². The van der Waals surface area contributed by atoms with Gasteiger partial charge in [-0.3, -0.25) is 19.2 Å². The first-order valence-corrected chi connectivity index (χ1v) is 19.2. The standard InChI is InChI=1S/C35H35N7O4S2/c1-42-40-22-23(41-42)25-33(48-35(37-25)39-27-30(45)20-12-16-8-4-5-9-17(16)13-21(20)31(27)46)32-24(22)36-34(47-32)38-26-28(43)18-10-14-6-2-3-7-15(14)11-19(18)29(26)44/h14-21H,2-13H2,1H3. The molecule has 8 atom stereocenters. The summed E-state index contributed by atoms with van der Waals surface area (Å²) >= 11 is 2.58. The first kappa shape index (κ1) is 29.3. The van der Waals surface area contributed by atoms with Crippen molar-refractivity contribution in [1.29, 1.82) is 0 Å². The number of hydrogen-bond donors (Lipinski definition) is 0. The van der Waals surface area contributed by atoms with Crippen LogP contribution < -0.4 is 0 Å². The normalized spacial score (nSPS) is 33.4. The number of aryl methyl sites for hydroxylation is 1. The molecule has 13 heteroatoms. The zero-order valence-electron chi connectivity index (χ0n) is 26.7. The Bertz CT molecular complexity index is 1960. The van der Waals surface area contributed by atoms with Crippen LogP contribution in [0.25, 0.3) is 31.5 Å². The van der Waals surface area contributed by atoms with Gasteiger partial charge in [0, 0.05) is 30.7 Å². The summed E-state index contributed by atoms with van der Waals surface area (Å²) in [7, 11) is 1.73. The number of rotatable bonds is 2. The maximum absolute atomic E-state index is 13.6. The average molecular weight is 682 g/mol. The fourth-order valence-electron chi connectivity index (χ4n) is 10.4. The molecule has 0 saturated heterocycles. The third kappa shape index (κ3) is 4.28. The molecule has 11 nitrogen and oxygen atoms in total. The van der Waals surface area contributed by atoms with Crippen LogP contribution in [-0.2, 0) is 26.2 Å². The molecule has 10 rings (SSSR count). The average Bonchev–Trinajstić information content (AvgIpc) is 3.89. The minimum atomic E-state index is -0.263. The number of fused-ring (bicyclic) bond motifs is 10. The van der Waals surface area contributed by atoms with Gasteiger partial charge < -0.3 is 0 Å². The van der Waals surface area contributed by atoms with Crippen LogP contribution in [0.15, 0.2) is 9.98 Å². The zero-order chi connectivity index (χ0) is 32.4. The Kier molecular flexibility index (Phi) is 6.55. The first-order chi connectivity index (χ1) is 23.3. The molecule has 1 aromatic carbocycles. The fourth-order valence-corrected chi connectivity index (χ4v) is 12.4. The van der Waals surface area contributed by atoms with Crippen molar-refractivity contribution in [2.75, 3.05) is 0 Å². The second-order valence-electron chi connectivity index (χ2n) is 15.1. The van der Waals surface area contributed by atoms with Gasteiger partial charge in [0.05, 0.1) is 9.40 Å². The monoisotopic (exact) mass is 681 g/mol. The number of benzene rings is 1. The number of hydrogen-bond acceptors (Lipinski definition) is 12. The predicted octanol–water partition coefficient (Wildman–Crippen LogP) is 6.30.